The van der Waals surface area contributed by atoms with Crippen LogP contribution in [0.5, 0.6) is 0 Å². The minimum Gasteiger partial charge on any atom is -0.462 e. The summed E-state index contributed by atoms with van der Waals surface area (Å²) < 4.78 is 16.5. The molecule has 6 heteroatoms. The fraction of sp³-hybridized carbons (Fsp3) is 0.750. The fourth-order valence-corrected chi connectivity index (χ4v) is 4.75. The first kappa shape index (κ1) is 37.7. The van der Waals surface area contributed by atoms with Crippen LogP contribution in [0.4, 0.5) is 0 Å². The number of carbonyl (C=O) groups excluding carboxylic acids is 3. The van der Waals surface area contributed by atoms with Crippen molar-refractivity contribution >= 4 is 17.9 Å². The van der Waals surface area contributed by atoms with Crippen LogP contribution in [0.1, 0.15) is 169 Å². The first-order valence-corrected chi connectivity index (χ1v) is 16.8. The van der Waals surface area contributed by atoms with Crippen molar-refractivity contribution in [1.82, 2.24) is 0 Å². The van der Waals surface area contributed by atoms with Crippen molar-refractivity contribution in [2.45, 2.75) is 138 Å². The first-order valence-electron chi connectivity index (χ1n) is 16.8. The van der Waals surface area contributed by atoms with Gasteiger partial charge in [-0.2, -0.15) is 0 Å². The zero-order valence-corrected chi connectivity index (χ0v) is 27.6. The van der Waals surface area contributed by atoms with E-state index < -0.39 is 17.9 Å². The molecule has 0 saturated carbocycles. The molecule has 0 aliphatic rings. The zero-order valence-electron chi connectivity index (χ0n) is 27.6. The highest BCUT2D eigenvalue weighted by Gasteiger charge is 2.19. The van der Waals surface area contributed by atoms with E-state index in [2.05, 4.69) is 41.5 Å². The van der Waals surface area contributed by atoms with Crippen LogP contribution in [0.25, 0.3) is 0 Å². The minimum atomic E-state index is -0.545. The molecule has 42 heavy (non-hydrogen) atoms. The Morgan fingerprint density at radius 3 is 0.905 bits per heavy atom. The molecular weight excluding hydrogens is 528 g/mol. The van der Waals surface area contributed by atoms with Gasteiger partial charge in [0.05, 0.1) is 36.5 Å². The zero-order chi connectivity index (χ0) is 31.2. The third-order valence-electron chi connectivity index (χ3n) is 7.37. The Bertz CT molecular complexity index is 762. The van der Waals surface area contributed by atoms with E-state index in [1.54, 1.807) is 0 Å². The highest BCUT2D eigenvalue weighted by molar-refractivity contribution is 6.00. The first-order chi connectivity index (χ1) is 20.1. The van der Waals surface area contributed by atoms with Crippen molar-refractivity contribution in [3.05, 3.63) is 34.9 Å². The maximum atomic E-state index is 12.9. The smallest absolute Gasteiger partial charge is 0.338 e. The molecule has 0 fully saturated rings. The van der Waals surface area contributed by atoms with E-state index in [4.69, 9.17) is 14.2 Å². The van der Waals surface area contributed by atoms with E-state index in [1.807, 2.05) is 0 Å². The lowest BCUT2D eigenvalue weighted by atomic mass is 10.0. The lowest BCUT2D eigenvalue weighted by molar-refractivity contribution is 0.0494. The summed E-state index contributed by atoms with van der Waals surface area (Å²) in [4.78, 5) is 38.6. The molecule has 6 nitrogen and oxygen atoms in total. The third-order valence-corrected chi connectivity index (χ3v) is 7.37. The van der Waals surface area contributed by atoms with Crippen molar-refractivity contribution < 1.29 is 28.6 Å². The highest BCUT2D eigenvalue weighted by atomic mass is 16.5. The fourth-order valence-electron chi connectivity index (χ4n) is 4.75. The minimum absolute atomic E-state index is 0.165. The maximum Gasteiger partial charge on any atom is 0.338 e. The van der Waals surface area contributed by atoms with Crippen LogP contribution >= 0.6 is 0 Å². The molecule has 1 aromatic carbocycles. The molecule has 0 atom stereocenters. The van der Waals surface area contributed by atoms with E-state index in [1.165, 1.54) is 56.7 Å². The molecule has 0 aliphatic carbocycles. The van der Waals surface area contributed by atoms with E-state index in [-0.39, 0.29) is 16.7 Å². The van der Waals surface area contributed by atoms with Crippen LogP contribution in [0, 0.1) is 17.8 Å². The van der Waals surface area contributed by atoms with E-state index in [0.717, 1.165) is 57.8 Å². The molecule has 240 valence electrons. The van der Waals surface area contributed by atoms with Crippen LogP contribution in [-0.4, -0.2) is 37.7 Å². The van der Waals surface area contributed by atoms with Crippen LogP contribution in [0.2, 0.25) is 0 Å². The number of esters is 3. The second kappa shape index (κ2) is 23.1. The van der Waals surface area contributed by atoms with Crippen LogP contribution in [-0.2, 0) is 14.2 Å². The molecule has 0 saturated heterocycles. The summed E-state index contributed by atoms with van der Waals surface area (Å²) in [5.74, 6) is 0.467. The van der Waals surface area contributed by atoms with Gasteiger partial charge in [0.15, 0.2) is 0 Å². The van der Waals surface area contributed by atoms with Gasteiger partial charge in [-0.25, -0.2) is 14.4 Å². The average molecular weight is 589 g/mol. The third kappa shape index (κ3) is 18.9. The van der Waals surface area contributed by atoms with Gasteiger partial charge in [-0.3, -0.25) is 0 Å². The molecule has 0 radical (unpaired) electrons. The summed E-state index contributed by atoms with van der Waals surface area (Å²) >= 11 is 0. The van der Waals surface area contributed by atoms with Crippen LogP contribution < -0.4 is 0 Å². The van der Waals surface area contributed by atoms with E-state index in [9.17, 15) is 14.4 Å². The molecule has 1 aromatic rings. The van der Waals surface area contributed by atoms with Crippen molar-refractivity contribution in [3.8, 4) is 0 Å². The topological polar surface area (TPSA) is 78.9 Å². The maximum absolute atomic E-state index is 12.9. The standard InChI is InChI=1S/C36H60O6/c1-28(2)19-13-7-10-16-22-40-34(37)31-25-32(35(38)41-23-17-11-8-14-20-29(3)4)27-33(26-31)36(39)42-24-18-12-9-15-21-30(5)6/h25-30H,7-24H2,1-6H3. The summed E-state index contributed by atoms with van der Waals surface area (Å²) in [7, 11) is 0. The molecule has 0 unspecified atom stereocenters. The number of hydrogen-bond donors (Lipinski definition) is 0. The Balaban J connectivity index is 2.71. The number of unbranched alkanes of at least 4 members (excludes halogenated alkanes) is 9. The number of hydrogen-bond acceptors (Lipinski definition) is 6. The molecular formula is C36H60O6. The van der Waals surface area contributed by atoms with Crippen molar-refractivity contribution in [2.24, 2.45) is 17.8 Å². The average Bonchev–Trinajstić information content (AvgIpc) is 2.94. The number of carbonyl (C=O) groups is 3. The summed E-state index contributed by atoms with van der Waals surface area (Å²) in [6.07, 6.45) is 15.8. The second-order valence-electron chi connectivity index (χ2n) is 13.0. The van der Waals surface area contributed by atoms with Crippen molar-refractivity contribution in [2.75, 3.05) is 19.8 Å². The Morgan fingerprint density at radius 1 is 0.429 bits per heavy atom. The van der Waals surface area contributed by atoms with Gasteiger partial charge in [-0.15, -0.1) is 0 Å². The summed E-state index contributed by atoms with van der Waals surface area (Å²) in [6, 6.07) is 4.38. The molecule has 0 heterocycles. The van der Waals surface area contributed by atoms with Gasteiger partial charge in [-0.1, -0.05) is 119 Å². The van der Waals surface area contributed by atoms with Gasteiger partial charge in [0, 0.05) is 0 Å². The van der Waals surface area contributed by atoms with Gasteiger partial charge in [0.2, 0.25) is 0 Å². The Morgan fingerprint density at radius 2 is 0.667 bits per heavy atom. The van der Waals surface area contributed by atoms with Gasteiger partial charge in [0.25, 0.3) is 0 Å². The normalized spacial score (nSPS) is 11.4. The van der Waals surface area contributed by atoms with Gasteiger partial charge in [0.1, 0.15) is 0 Å². The lowest BCUT2D eigenvalue weighted by Crippen LogP contribution is -2.14. The van der Waals surface area contributed by atoms with Gasteiger partial charge in [-0.05, 0) is 55.2 Å². The highest BCUT2D eigenvalue weighted by Crippen LogP contribution is 2.17. The predicted octanol–water partition coefficient (Wildman–Crippen LogP) is 9.98. The van der Waals surface area contributed by atoms with E-state index in [0.29, 0.717) is 37.6 Å². The molecule has 0 amide bonds. The monoisotopic (exact) mass is 588 g/mol. The van der Waals surface area contributed by atoms with Crippen LogP contribution in [0.15, 0.2) is 18.2 Å². The Labute approximate surface area is 256 Å². The SMILES string of the molecule is CC(C)CCCCCCOC(=O)c1cc(C(=O)OCCCCCCC(C)C)cc(C(=O)OCCCCCCC(C)C)c1. The number of benzene rings is 1. The molecule has 1 rings (SSSR count). The van der Waals surface area contributed by atoms with Crippen LogP contribution in [0.3, 0.4) is 0 Å². The molecule has 0 spiro atoms. The second-order valence-corrected chi connectivity index (χ2v) is 13.0. The molecule has 0 N–H and O–H groups in total. The lowest BCUT2D eigenvalue weighted by Gasteiger charge is -2.11. The quantitative estimate of drug-likeness (QED) is 0.0679. The van der Waals surface area contributed by atoms with E-state index >= 15 is 0 Å². The Kier molecular flexibility index (Phi) is 20.7. The number of rotatable bonds is 24. The molecule has 0 bridgehead atoms. The molecule has 0 aliphatic heterocycles. The summed E-state index contributed by atoms with van der Waals surface area (Å²) in [6.45, 7) is 14.3. The summed E-state index contributed by atoms with van der Waals surface area (Å²) in [5.41, 5.74) is 0.496. The summed E-state index contributed by atoms with van der Waals surface area (Å²) in [5, 5.41) is 0. The Hall–Kier alpha value is -2.37. The molecule has 0 aromatic heterocycles. The van der Waals surface area contributed by atoms with Crippen molar-refractivity contribution in [3.63, 3.8) is 0 Å². The largest absolute Gasteiger partial charge is 0.462 e. The van der Waals surface area contributed by atoms with Gasteiger partial charge >= 0.3 is 17.9 Å². The number of ether oxygens (including phenoxy) is 3. The van der Waals surface area contributed by atoms with Gasteiger partial charge < -0.3 is 14.2 Å². The van der Waals surface area contributed by atoms with Crippen molar-refractivity contribution in [1.29, 1.82) is 0 Å². The predicted molar refractivity (Wildman–Crippen MR) is 171 cm³/mol.